The van der Waals surface area contributed by atoms with Gasteiger partial charge in [0.05, 0.1) is 0 Å². The quantitative estimate of drug-likeness (QED) is 0.846. The van der Waals surface area contributed by atoms with E-state index in [2.05, 4.69) is 28.0 Å². The number of unbranched alkanes of at least 4 members (excludes halogenated alkanes) is 1. The molecule has 2 amide bonds. The molecule has 0 radical (unpaired) electrons. The van der Waals surface area contributed by atoms with Crippen molar-refractivity contribution in [3.8, 4) is 0 Å². The lowest BCUT2D eigenvalue weighted by atomic mass is 9.95. The smallest absolute Gasteiger partial charge is 0.253 e. The van der Waals surface area contributed by atoms with E-state index in [-0.39, 0.29) is 11.8 Å². The fraction of sp³-hybridized carbons (Fsp3) is 0.476. The number of nitrogens with one attached hydrogen (secondary N) is 1. The van der Waals surface area contributed by atoms with Crippen LogP contribution in [0.2, 0.25) is 0 Å². The van der Waals surface area contributed by atoms with Crippen LogP contribution in [-0.2, 0) is 11.3 Å². The number of nitrogens with zero attached hydrogens (tertiary/aromatic N) is 3. The Labute approximate surface area is 160 Å². The first-order valence-electron chi connectivity index (χ1n) is 9.76. The molecule has 0 spiro atoms. The Morgan fingerprint density at radius 3 is 2.74 bits per heavy atom. The molecule has 1 N–H and O–H groups in total. The molecule has 0 saturated carbocycles. The van der Waals surface area contributed by atoms with E-state index in [1.807, 2.05) is 11.1 Å². The number of piperidine rings is 1. The van der Waals surface area contributed by atoms with Crippen LogP contribution in [0.15, 0.2) is 36.7 Å². The van der Waals surface area contributed by atoms with Crippen LogP contribution in [0.4, 0.5) is 5.69 Å². The Bertz CT molecular complexity index is 791. The second-order valence-corrected chi connectivity index (χ2v) is 7.16. The van der Waals surface area contributed by atoms with Gasteiger partial charge in [-0.2, -0.15) is 0 Å². The number of imidazole rings is 1. The molecule has 6 nitrogen and oxygen atoms in total. The first-order chi connectivity index (χ1) is 13.1. The van der Waals surface area contributed by atoms with E-state index >= 15 is 0 Å². The van der Waals surface area contributed by atoms with E-state index in [1.54, 1.807) is 24.3 Å². The Hall–Kier alpha value is -2.63. The maximum absolute atomic E-state index is 12.8. The minimum Gasteiger partial charge on any atom is -0.339 e. The van der Waals surface area contributed by atoms with Crippen LogP contribution >= 0.6 is 0 Å². The predicted molar refractivity (Wildman–Crippen MR) is 106 cm³/mol. The molecule has 1 aliphatic rings. The van der Waals surface area contributed by atoms with E-state index in [4.69, 9.17) is 0 Å². The molecule has 0 unspecified atom stereocenters. The molecule has 0 bridgehead atoms. The van der Waals surface area contributed by atoms with E-state index in [0.29, 0.717) is 17.2 Å². The van der Waals surface area contributed by atoms with Gasteiger partial charge in [-0.15, -0.1) is 0 Å². The molecular weight excluding hydrogens is 340 g/mol. The summed E-state index contributed by atoms with van der Waals surface area (Å²) in [5, 5.41) is 2.73. The summed E-state index contributed by atoms with van der Waals surface area (Å²) in [5.41, 5.74) is 1.27. The van der Waals surface area contributed by atoms with E-state index in [1.165, 1.54) is 13.3 Å². The summed E-state index contributed by atoms with van der Waals surface area (Å²) >= 11 is 0. The van der Waals surface area contributed by atoms with Crippen molar-refractivity contribution in [2.45, 2.75) is 52.0 Å². The van der Waals surface area contributed by atoms with Crippen molar-refractivity contribution in [2.24, 2.45) is 0 Å². The van der Waals surface area contributed by atoms with Crippen LogP contribution in [0.3, 0.4) is 0 Å². The fourth-order valence-electron chi connectivity index (χ4n) is 3.65. The van der Waals surface area contributed by atoms with Crippen molar-refractivity contribution in [1.29, 1.82) is 0 Å². The van der Waals surface area contributed by atoms with E-state index < -0.39 is 0 Å². The van der Waals surface area contributed by atoms with Crippen molar-refractivity contribution in [3.63, 3.8) is 0 Å². The Balaban J connectivity index is 1.61. The summed E-state index contributed by atoms with van der Waals surface area (Å²) in [6, 6.07) is 7.14. The largest absolute Gasteiger partial charge is 0.339 e. The summed E-state index contributed by atoms with van der Waals surface area (Å²) in [4.78, 5) is 30.5. The number of carbonyl (C=O) groups is 2. The standard InChI is InChI=1S/C21H28N4O2/c1-3-4-11-24-14-10-22-20(24)17-8-12-25(13-9-17)21(27)18-6-5-7-19(15-18)23-16(2)26/h5-7,10,14-15,17H,3-4,8-9,11-13H2,1-2H3,(H,23,26). The minimum atomic E-state index is -0.140. The number of carbonyl (C=O) groups excluding carboxylic acids is 2. The van der Waals surface area contributed by atoms with Crippen molar-refractivity contribution < 1.29 is 9.59 Å². The molecule has 27 heavy (non-hydrogen) atoms. The number of hydrogen-bond donors (Lipinski definition) is 1. The molecule has 6 heteroatoms. The van der Waals surface area contributed by atoms with Gasteiger partial charge in [0.1, 0.15) is 5.82 Å². The van der Waals surface area contributed by atoms with Gasteiger partial charge in [0.25, 0.3) is 5.91 Å². The molecule has 2 aromatic rings. The lowest BCUT2D eigenvalue weighted by molar-refractivity contribution is -0.114. The van der Waals surface area contributed by atoms with E-state index in [9.17, 15) is 9.59 Å². The van der Waals surface area contributed by atoms with Gasteiger partial charge in [-0.05, 0) is 37.5 Å². The molecule has 3 rings (SSSR count). The highest BCUT2D eigenvalue weighted by Gasteiger charge is 2.27. The molecule has 1 aromatic carbocycles. The molecule has 0 atom stereocenters. The minimum absolute atomic E-state index is 0.0231. The highest BCUT2D eigenvalue weighted by Crippen LogP contribution is 2.28. The third-order valence-electron chi connectivity index (χ3n) is 5.08. The van der Waals surface area contributed by atoms with Crippen LogP contribution in [0.1, 0.15) is 61.6 Å². The average Bonchev–Trinajstić information content (AvgIpc) is 3.14. The van der Waals surface area contributed by atoms with Gasteiger partial charge in [0, 0.05) is 56.1 Å². The molecular formula is C21H28N4O2. The van der Waals surface area contributed by atoms with Gasteiger partial charge >= 0.3 is 0 Å². The molecule has 0 aliphatic carbocycles. The first kappa shape index (κ1) is 19.1. The summed E-state index contributed by atoms with van der Waals surface area (Å²) in [5.74, 6) is 1.45. The second kappa shape index (κ2) is 8.84. The Kier molecular flexibility index (Phi) is 6.27. The number of anilines is 1. The number of likely N-dealkylation sites (tertiary alicyclic amines) is 1. The summed E-state index contributed by atoms with van der Waals surface area (Å²) < 4.78 is 2.27. The first-order valence-corrected chi connectivity index (χ1v) is 9.76. The third kappa shape index (κ3) is 4.76. The molecule has 1 aromatic heterocycles. The molecule has 2 heterocycles. The lowest BCUT2D eigenvalue weighted by Crippen LogP contribution is -2.38. The maximum Gasteiger partial charge on any atom is 0.253 e. The van der Waals surface area contributed by atoms with Crippen molar-refractivity contribution in [1.82, 2.24) is 14.5 Å². The van der Waals surface area contributed by atoms with Gasteiger partial charge in [0.2, 0.25) is 5.91 Å². The number of amides is 2. The fourth-order valence-corrected chi connectivity index (χ4v) is 3.65. The summed E-state index contributed by atoms with van der Waals surface area (Å²) in [6.45, 7) is 6.13. The number of aromatic nitrogens is 2. The Morgan fingerprint density at radius 1 is 1.26 bits per heavy atom. The van der Waals surface area contributed by atoms with Crippen LogP contribution < -0.4 is 5.32 Å². The molecule has 1 aliphatic heterocycles. The van der Waals surface area contributed by atoms with E-state index in [0.717, 1.165) is 44.7 Å². The predicted octanol–water partition coefficient (Wildman–Crippen LogP) is 3.66. The highest BCUT2D eigenvalue weighted by atomic mass is 16.2. The lowest BCUT2D eigenvalue weighted by Gasteiger charge is -2.32. The number of aryl methyl sites for hydroxylation is 1. The van der Waals surface area contributed by atoms with Gasteiger partial charge in [-0.3, -0.25) is 9.59 Å². The number of rotatable bonds is 6. The average molecular weight is 368 g/mol. The van der Waals surface area contributed by atoms with Gasteiger partial charge < -0.3 is 14.8 Å². The maximum atomic E-state index is 12.8. The highest BCUT2D eigenvalue weighted by molar-refractivity contribution is 5.96. The van der Waals surface area contributed by atoms with Crippen LogP contribution in [0.25, 0.3) is 0 Å². The zero-order valence-electron chi connectivity index (χ0n) is 16.1. The molecule has 1 fully saturated rings. The summed E-state index contributed by atoms with van der Waals surface area (Å²) in [6.07, 6.45) is 8.14. The van der Waals surface area contributed by atoms with Gasteiger partial charge in [-0.1, -0.05) is 19.4 Å². The van der Waals surface area contributed by atoms with Crippen LogP contribution in [0.5, 0.6) is 0 Å². The Morgan fingerprint density at radius 2 is 2.04 bits per heavy atom. The molecule has 144 valence electrons. The van der Waals surface area contributed by atoms with Crippen LogP contribution in [-0.4, -0.2) is 39.4 Å². The van der Waals surface area contributed by atoms with Crippen molar-refractivity contribution >= 4 is 17.5 Å². The zero-order valence-corrected chi connectivity index (χ0v) is 16.1. The number of benzene rings is 1. The zero-order chi connectivity index (χ0) is 19.2. The number of hydrogen-bond acceptors (Lipinski definition) is 3. The topological polar surface area (TPSA) is 67.2 Å². The monoisotopic (exact) mass is 368 g/mol. The van der Waals surface area contributed by atoms with Gasteiger partial charge in [-0.25, -0.2) is 4.98 Å². The van der Waals surface area contributed by atoms with Gasteiger partial charge in [0.15, 0.2) is 0 Å². The normalized spacial score (nSPS) is 15.0. The second-order valence-electron chi connectivity index (χ2n) is 7.16. The molecule has 1 saturated heterocycles. The van der Waals surface area contributed by atoms with Crippen molar-refractivity contribution in [3.05, 3.63) is 48.0 Å². The SMILES string of the molecule is CCCCn1ccnc1C1CCN(C(=O)c2cccc(NC(C)=O)c2)CC1. The summed E-state index contributed by atoms with van der Waals surface area (Å²) in [7, 11) is 0. The third-order valence-corrected chi connectivity index (χ3v) is 5.08. The van der Waals surface area contributed by atoms with Crippen molar-refractivity contribution in [2.75, 3.05) is 18.4 Å². The van der Waals surface area contributed by atoms with Crippen LogP contribution in [0, 0.1) is 0 Å².